The summed E-state index contributed by atoms with van der Waals surface area (Å²) in [6.07, 6.45) is -0.503. The van der Waals surface area contributed by atoms with E-state index >= 15 is 0 Å². The molecule has 1 N–H and O–H groups in total. The topological polar surface area (TPSA) is 69.9 Å². The van der Waals surface area contributed by atoms with Gasteiger partial charge in [-0.15, -0.1) is 0 Å². The lowest BCUT2D eigenvalue weighted by molar-refractivity contribution is -0.149. The number of carboxylic acid groups (broad SMARTS) is 1. The summed E-state index contributed by atoms with van der Waals surface area (Å²) < 4.78 is 18.9. The first kappa shape index (κ1) is 24.4. The number of carbonyl (C=O) groups is 1. The zero-order valence-corrected chi connectivity index (χ0v) is 19.8. The number of carboxylic acids is 1. The molecule has 6 nitrogen and oxygen atoms in total. The fourth-order valence-electron chi connectivity index (χ4n) is 3.86. The van der Waals surface area contributed by atoms with Crippen molar-refractivity contribution in [2.75, 3.05) is 20.3 Å². The van der Waals surface area contributed by atoms with Gasteiger partial charge in [0.25, 0.3) is 0 Å². The predicted octanol–water partition coefficient (Wildman–Crippen LogP) is 5.40. The van der Waals surface area contributed by atoms with Crippen molar-refractivity contribution in [3.8, 4) is 22.8 Å². The normalized spacial score (nSPS) is 12.0. The number of aromatic nitrogens is 1. The second-order valence-corrected chi connectivity index (χ2v) is 8.16. The van der Waals surface area contributed by atoms with Gasteiger partial charge in [-0.1, -0.05) is 26.0 Å². The molecule has 1 heterocycles. The van der Waals surface area contributed by atoms with E-state index in [1.165, 1.54) is 5.69 Å². The van der Waals surface area contributed by atoms with Gasteiger partial charge in [-0.2, -0.15) is 0 Å². The van der Waals surface area contributed by atoms with Crippen LogP contribution in [0, 0.1) is 0 Å². The van der Waals surface area contributed by atoms with Gasteiger partial charge in [0.05, 0.1) is 13.7 Å². The summed E-state index contributed by atoms with van der Waals surface area (Å²) >= 11 is 0. The van der Waals surface area contributed by atoms with Gasteiger partial charge in [0.1, 0.15) is 18.1 Å². The molecule has 0 aliphatic rings. The quantitative estimate of drug-likeness (QED) is 0.399. The van der Waals surface area contributed by atoms with Crippen molar-refractivity contribution in [1.82, 2.24) is 4.57 Å². The molecule has 0 bridgehead atoms. The molecule has 0 saturated heterocycles. The third-order valence-corrected chi connectivity index (χ3v) is 5.56. The van der Waals surface area contributed by atoms with Crippen LogP contribution < -0.4 is 9.47 Å². The minimum Gasteiger partial charge on any atom is -0.497 e. The van der Waals surface area contributed by atoms with E-state index in [0.29, 0.717) is 25.6 Å². The fraction of sp³-hybridized carbons (Fsp3) is 0.370. The molecule has 0 unspecified atom stereocenters. The van der Waals surface area contributed by atoms with Crippen molar-refractivity contribution < 1.29 is 24.1 Å². The molecule has 2 aromatic carbocycles. The molecule has 3 rings (SSSR count). The number of benzene rings is 2. The molecule has 3 aromatic rings. The molecule has 6 heteroatoms. The Morgan fingerprint density at radius 2 is 1.64 bits per heavy atom. The number of rotatable bonds is 12. The van der Waals surface area contributed by atoms with Crippen LogP contribution in [-0.2, 0) is 22.5 Å². The number of hydrogen-bond acceptors (Lipinski definition) is 4. The van der Waals surface area contributed by atoms with Gasteiger partial charge in [0.2, 0.25) is 0 Å². The van der Waals surface area contributed by atoms with Crippen molar-refractivity contribution in [3.63, 3.8) is 0 Å². The second-order valence-electron chi connectivity index (χ2n) is 8.16. The maximum atomic E-state index is 11.3. The second kappa shape index (κ2) is 11.6. The summed E-state index contributed by atoms with van der Waals surface area (Å²) in [6.45, 7) is 7.78. The molecule has 1 atom stereocenters. The van der Waals surface area contributed by atoms with Gasteiger partial charge >= 0.3 is 5.97 Å². The molecule has 0 saturated carbocycles. The van der Waals surface area contributed by atoms with Crippen LogP contribution in [0.3, 0.4) is 0 Å². The number of ether oxygens (including phenoxy) is 3. The Morgan fingerprint density at radius 1 is 0.970 bits per heavy atom. The third-order valence-electron chi connectivity index (χ3n) is 5.56. The lowest BCUT2D eigenvalue weighted by Crippen LogP contribution is -2.26. The highest BCUT2D eigenvalue weighted by Gasteiger charge is 2.18. The summed E-state index contributed by atoms with van der Waals surface area (Å²) in [5, 5.41) is 9.26. The van der Waals surface area contributed by atoms with Gasteiger partial charge in [-0.05, 0) is 72.5 Å². The Labute approximate surface area is 195 Å². The minimum absolute atomic E-state index is 0.329. The molecule has 0 aliphatic carbocycles. The van der Waals surface area contributed by atoms with E-state index in [1.54, 1.807) is 14.0 Å². The number of aliphatic carboxylic acids is 1. The molecule has 0 spiro atoms. The zero-order valence-electron chi connectivity index (χ0n) is 19.8. The first-order valence-corrected chi connectivity index (χ1v) is 11.3. The maximum absolute atomic E-state index is 11.3. The first-order chi connectivity index (χ1) is 15.9. The van der Waals surface area contributed by atoms with Crippen LogP contribution in [0.2, 0.25) is 0 Å². The van der Waals surface area contributed by atoms with Crippen molar-refractivity contribution in [1.29, 1.82) is 0 Å². The third kappa shape index (κ3) is 6.39. The van der Waals surface area contributed by atoms with E-state index < -0.39 is 12.1 Å². The summed E-state index contributed by atoms with van der Waals surface area (Å²) in [6, 6.07) is 20.0. The van der Waals surface area contributed by atoms with Gasteiger partial charge < -0.3 is 23.9 Å². The Balaban J connectivity index is 1.66. The molecule has 33 heavy (non-hydrogen) atoms. The molecule has 0 fully saturated rings. The highest BCUT2D eigenvalue weighted by atomic mass is 16.5. The summed E-state index contributed by atoms with van der Waals surface area (Å²) in [4.78, 5) is 11.3. The van der Waals surface area contributed by atoms with Crippen LogP contribution in [0.15, 0.2) is 60.7 Å². The lowest BCUT2D eigenvalue weighted by Gasteiger charge is -2.17. The molecular formula is C27H33NO5. The smallest absolute Gasteiger partial charge is 0.333 e. The number of hydrogen-bond donors (Lipinski definition) is 1. The van der Waals surface area contributed by atoms with E-state index in [4.69, 9.17) is 14.2 Å². The zero-order chi connectivity index (χ0) is 23.8. The van der Waals surface area contributed by atoms with Gasteiger partial charge in [0, 0.05) is 24.4 Å². The summed E-state index contributed by atoms with van der Waals surface area (Å²) in [5.74, 6) is 1.04. The molecule has 176 valence electrons. The van der Waals surface area contributed by atoms with Crippen molar-refractivity contribution >= 4 is 5.97 Å². The Hall–Kier alpha value is -3.25. The van der Waals surface area contributed by atoms with E-state index in [2.05, 4.69) is 42.7 Å². The van der Waals surface area contributed by atoms with E-state index in [9.17, 15) is 9.90 Å². The maximum Gasteiger partial charge on any atom is 0.333 e. The first-order valence-electron chi connectivity index (χ1n) is 11.3. The van der Waals surface area contributed by atoms with Crippen molar-refractivity contribution in [2.45, 2.75) is 45.8 Å². The standard InChI is InChI=1S/C27H33NO5/c1-5-32-26(27(29)30)18-20-6-10-23(11-7-20)33-17-16-28-24(19(2)3)14-15-25(28)21-8-12-22(31-4)13-9-21/h6-15,19,26H,5,16-18H2,1-4H3,(H,29,30)/t26-/m1/s1. The van der Waals surface area contributed by atoms with Crippen molar-refractivity contribution in [3.05, 3.63) is 71.9 Å². The van der Waals surface area contributed by atoms with Crippen molar-refractivity contribution in [2.24, 2.45) is 0 Å². The highest BCUT2D eigenvalue weighted by molar-refractivity contribution is 5.72. The van der Waals surface area contributed by atoms with Gasteiger partial charge in [-0.25, -0.2) is 4.79 Å². The number of methoxy groups -OCH3 is 1. The average molecular weight is 452 g/mol. The molecule has 0 aliphatic heterocycles. The number of nitrogens with zero attached hydrogens (tertiary/aromatic N) is 1. The molecule has 0 amide bonds. The Kier molecular flexibility index (Phi) is 8.55. The Bertz CT molecular complexity index is 1020. The molecular weight excluding hydrogens is 418 g/mol. The van der Waals surface area contributed by atoms with Crippen LogP contribution in [0.1, 0.15) is 37.9 Å². The highest BCUT2D eigenvalue weighted by Crippen LogP contribution is 2.28. The van der Waals surface area contributed by atoms with Crippen LogP contribution in [0.25, 0.3) is 11.3 Å². The predicted molar refractivity (Wildman–Crippen MR) is 129 cm³/mol. The average Bonchev–Trinajstić information content (AvgIpc) is 3.24. The SMILES string of the molecule is CCO[C@H](Cc1ccc(OCCn2c(-c3ccc(OC)cc3)ccc2C(C)C)cc1)C(=O)O. The minimum atomic E-state index is -0.947. The van der Waals surface area contributed by atoms with E-state index in [-0.39, 0.29) is 0 Å². The fourth-order valence-corrected chi connectivity index (χ4v) is 3.86. The van der Waals surface area contributed by atoms with Crippen LogP contribution in [0.5, 0.6) is 11.5 Å². The molecule has 1 aromatic heterocycles. The lowest BCUT2D eigenvalue weighted by atomic mass is 10.1. The van der Waals surface area contributed by atoms with E-state index in [1.807, 2.05) is 36.4 Å². The van der Waals surface area contributed by atoms with Crippen LogP contribution in [0.4, 0.5) is 0 Å². The largest absolute Gasteiger partial charge is 0.497 e. The van der Waals surface area contributed by atoms with Crippen LogP contribution >= 0.6 is 0 Å². The summed E-state index contributed by atoms with van der Waals surface area (Å²) in [5.41, 5.74) is 4.44. The van der Waals surface area contributed by atoms with Crippen LogP contribution in [-0.4, -0.2) is 42.1 Å². The molecule has 0 radical (unpaired) electrons. The van der Waals surface area contributed by atoms with E-state index in [0.717, 1.165) is 34.9 Å². The van der Waals surface area contributed by atoms with Gasteiger partial charge in [0.15, 0.2) is 6.10 Å². The Morgan fingerprint density at radius 3 is 2.21 bits per heavy atom. The monoisotopic (exact) mass is 451 g/mol. The summed E-state index contributed by atoms with van der Waals surface area (Å²) in [7, 11) is 1.67. The van der Waals surface area contributed by atoms with Gasteiger partial charge in [-0.3, -0.25) is 0 Å².